The monoisotopic (exact) mass is 395 g/mol. The third-order valence-electron chi connectivity index (χ3n) is 5.29. The van der Waals surface area contributed by atoms with E-state index in [0.717, 1.165) is 35.5 Å². The van der Waals surface area contributed by atoms with Gasteiger partial charge in [-0.25, -0.2) is 9.36 Å². The Labute approximate surface area is 169 Å². The minimum atomic E-state index is -0.0675. The van der Waals surface area contributed by atoms with Gasteiger partial charge in [-0.2, -0.15) is 5.10 Å². The van der Waals surface area contributed by atoms with E-state index < -0.39 is 0 Å². The highest BCUT2D eigenvalue weighted by molar-refractivity contribution is 5.76. The number of aryl methyl sites for hydroxylation is 1. The van der Waals surface area contributed by atoms with Gasteiger partial charge >= 0.3 is 0 Å². The maximum absolute atomic E-state index is 12.5. The van der Waals surface area contributed by atoms with Crippen molar-refractivity contribution < 1.29 is 9.53 Å². The van der Waals surface area contributed by atoms with Gasteiger partial charge in [-0.05, 0) is 52.9 Å². The average molecular weight is 395 g/mol. The molecule has 0 radical (unpaired) electrons. The summed E-state index contributed by atoms with van der Waals surface area (Å²) < 4.78 is 8.77. The largest absolute Gasteiger partial charge is 0.497 e. The van der Waals surface area contributed by atoms with Crippen LogP contribution in [0.2, 0.25) is 0 Å². The Morgan fingerprint density at radius 1 is 1.31 bits per heavy atom. The molecule has 9 nitrogen and oxygen atoms in total. The number of hydrogen-bond acceptors (Lipinski definition) is 6. The number of hydrogen-bond donors (Lipinski definition) is 1. The molecule has 4 rings (SSSR count). The second-order valence-corrected chi connectivity index (χ2v) is 8.14. The minimum absolute atomic E-state index is 0.0219. The lowest BCUT2D eigenvalue weighted by molar-refractivity contribution is -0.122. The predicted octanol–water partition coefficient (Wildman–Crippen LogP) is 2.09. The van der Waals surface area contributed by atoms with E-state index >= 15 is 0 Å². The van der Waals surface area contributed by atoms with Crippen molar-refractivity contribution in [3.63, 3.8) is 0 Å². The number of nitrogens with zero attached hydrogens (tertiary/aromatic N) is 6. The molecule has 0 fully saturated rings. The van der Waals surface area contributed by atoms with Gasteiger partial charge in [-0.15, -0.1) is 5.10 Å². The SMILES string of the molecule is COc1ccc(-n2ncc3c2CC(C)(C)CC3NC(=O)CCn2cnnn2)cc1. The van der Waals surface area contributed by atoms with Crippen molar-refractivity contribution in [1.29, 1.82) is 0 Å². The standard InChI is InChI=1S/C20H25N7O2/c1-20(2)10-17(23-19(28)8-9-26-13-21-24-25-26)16-12-22-27(18(16)11-20)14-4-6-15(29-3)7-5-14/h4-7,12-13,17H,8-11H2,1-3H3,(H,23,28). The van der Waals surface area contributed by atoms with E-state index in [-0.39, 0.29) is 17.4 Å². The predicted molar refractivity (Wildman–Crippen MR) is 106 cm³/mol. The Kier molecular flexibility index (Phi) is 5.04. The fraction of sp³-hybridized carbons (Fsp3) is 0.450. The van der Waals surface area contributed by atoms with E-state index in [9.17, 15) is 4.79 Å². The number of rotatable bonds is 6. The molecule has 1 amide bonds. The van der Waals surface area contributed by atoms with Crippen molar-refractivity contribution in [3.8, 4) is 11.4 Å². The van der Waals surface area contributed by atoms with Gasteiger partial charge < -0.3 is 10.1 Å². The van der Waals surface area contributed by atoms with Crippen LogP contribution in [-0.4, -0.2) is 43.0 Å². The summed E-state index contributed by atoms with van der Waals surface area (Å²) in [5.41, 5.74) is 3.24. The van der Waals surface area contributed by atoms with Crippen molar-refractivity contribution in [1.82, 2.24) is 35.3 Å². The number of amides is 1. The quantitative estimate of drug-likeness (QED) is 0.686. The van der Waals surface area contributed by atoms with E-state index in [0.29, 0.717) is 13.0 Å². The summed E-state index contributed by atoms with van der Waals surface area (Å²) in [6, 6.07) is 7.77. The van der Waals surface area contributed by atoms with Crippen molar-refractivity contribution in [2.24, 2.45) is 5.41 Å². The molecule has 9 heteroatoms. The molecule has 29 heavy (non-hydrogen) atoms. The first-order valence-corrected chi connectivity index (χ1v) is 9.66. The Morgan fingerprint density at radius 3 is 2.79 bits per heavy atom. The molecular weight excluding hydrogens is 370 g/mol. The molecular formula is C20H25N7O2. The van der Waals surface area contributed by atoms with Gasteiger partial charge in [0, 0.05) is 12.0 Å². The van der Waals surface area contributed by atoms with Crippen LogP contribution in [0.3, 0.4) is 0 Å². The van der Waals surface area contributed by atoms with Gasteiger partial charge in [0.15, 0.2) is 0 Å². The van der Waals surface area contributed by atoms with Crippen LogP contribution in [0.5, 0.6) is 5.75 Å². The van der Waals surface area contributed by atoms with Gasteiger partial charge in [0.05, 0.1) is 37.3 Å². The lowest BCUT2D eigenvalue weighted by Gasteiger charge is -2.36. The van der Waals surface area contributed by atoms with Crippen LogP contribution in [-0.2, 0) is 17.8 Å². The summed E-state index contributed by atoms with van der Waals surface area (Å²) in [4.78, 5) is 12.5. The van der Waals surface area contributed by atoms with Crippen LogP contribution in [0.15, 0.2) is 36.8 Å². The second-order valence-electron chi connectivity index (χ2n) is 8.14. The van der Waals surface area contributed by atoms with Crippen molar-refractivity contribution in [3.05, 3.63) is 48.0 Å². The molecule has 2 heterocycles. The van der Waals surface area contributed by atoms with Gasteiger partial charge in [0.2, 0.25) is 5.91 Å². The topological polar surface area (TPSA) is 99.8 Å². The maximum atomic E-state index is 12.5. The summed E-state index contributed by atoms with van der Waals surface area (Å²) in [5.74, 6) is 0.786. The lowest BCUT2D eigenvalue weighted by Crippen LogP contribution is -2.37. The number of fused-ring (bicyclic) bond motifs is 1. The molecule has 1 N–H and O–H groups in total. The van der Waals surface area contributed by atoms with Crippen molar-refractivity contribution in [2.75, 3.05) is 7.11 Å². The van der Waals surface area contributed by atoms with Crippen LogP contribution in [0.1, 0.15) is 44.0 Å². The van der Waals surface area contributed by atoms with Crippen molar-refractivity contribution >= 4 is 5.91 Å². The van der Waals surface area contributed by atoms with Gasteiger partial charge in [-0.3, -0.25) is 4.79 Å². The zero-order valence-corrected chi connectivity index (χ0v) is 16.9. The smallest absolute Gasteiger partial charge is 0.222 e. The summed E-state index contributed by atoms with van der Waals surface area (Å²) in [7, 11) is 1.65. The molecule has 1 aromatic carbocycles. The number of benzene rings is 1. The minimum Gasteiger partial charge on any atom is -0.497 e. The molecule has 3 aromatic rings. The highest BCUT2D eigenvalue weighted by atomic mass is 16.5. The molecule has 0 aliphatic heterocycles. The highest BCUT2D eigenvalue weighted by Crippen LogP contribution is 2.41. The first-order valence-electron chi connectivity index (χ1n) is 9.66. The molecule has 0 spiro atoms. The van der Waals surface area contributed by atoms with E-state index in [1.54, 1.807) is 11.8 Å². The fourth-order valence-electron chi connectivity index (χ4n) is 3.88. The molecule has 1 atom stereocenters. The van der Waals surface area contributed by atoms with Crippen LogP contribution in [0.4, 0.5) is 0 Å². The number of tetrazole rings is 1. The maximum Gasteiger partial charge on any atom is 0.222 e. The van der Waals surface area contributed by atoms with E-state index in [1.807, 2.05) is 35.1 Å². The zero-order chi connectivity index (χ0) is 20.4. The molecule has 0 saturated carbocycles. The van der Waals surface area contributed by atoms with Crippen LogP contribution in [0.25, 0.3) is 5.69 Å². The molecule has 2 aromatic heterocycles. The second kappa shape index (κ2) is 7.65. The first kappa shape index (κ1) is 19.1. The normalized spacial score (nSPS) is 17.6. The Bertz CT molecular complexity index is 977. The molecule has 1 aliphatic carbocycles. The lowest BCUT2D eigenvalue weighted by atomic mass is 9.74. The third-order valence-corrected chi connectivity index (χ3v) is 5.29. The van der Waals surface area contributed by atoms with Gasteiger partial charge in [0.1, 0.15) is 12.1 Å². The fourth-order valence-corrected chi connectivity index (χ4v) is 3.88. The average Bonchev–Trinajstić information content (AvgIpc) is 3.35. The summed E-state index contributed by atoms with van der Waals surface area (Å²) >= 11 is 0. The van der Waals surface area contributed by atoms with Gasteiger partial charge in [-0.1, -0.05) is 13.8 Å². The molecule has 152 valence electrons. The molecule has 0 bridgehead atoms. The van der Waals surface area contributed by atoms with Crippen LogP contribution in [0, 0.1) is 5.41 Å². The third kappa shape index (κ3) is 4.13. The molecule has 1 aliphatic rings. The van der Waals surface area contributed by atoms with Crippen LogP contribution < -0.4 is 10.1 Å². The van der Waals surface area contributed by atoms with Gasteiger partial charge in [0.25, 0.3) is 0 Å². The number of aromatic nitrogens is 6. The van der Waals surface area contributed by atoms with E-state index in [1.165, 1.54) is 6.33 Å². The summed E-state index contributed by atoms with van der Waals surface area (Å²) in [5, 5.41) is 18.8. The Morgan fingerprint density at radius 2 is 2.10 bits per heavy atom. The van der Waals surface area contributed by atoms with Crippen molar-refractivity contribution in [2.45, 2.75) is 45.7 Å². The number of methoxy groups -OCH3 is 1. The Balaban J connectivity index is 1.54. The number of ether oxygens (including phenoxy) is 1. The van der Waals surface area contributed by atoms with E-state index in [2.05, 4.69) is 39.8 Å². The first-order chi connectivity index (χ1) is 13.9. The molecule has 1 unspecified atom stereocenters. The molecule has 0 saturated heterocycles. The Hall–Kier alpha value is -3.23. The number of carbonyl (C=O) groups is 1. The highest BCUT2D eigenvalue weighted by Gasteiger charge is 2.36. The number of nitrogens with one attached hydrogen (secondary N) is 1. The number of carbonyl (C=O) groups excluding carboxylic acids is 1. The summed E-state index contributed by atoms with van der Waals surface area (Å²) in [6.07, 6.45) is 5.47. The zero-order valence-electron chi connectivity index (χ0n) is 16.9. The summed E-state index contributed by atoms with van der Waals surface area (Å²) in [6.45, 7) is 4.90. The van der Waals surface area contributed by atoms with Crippen LogP contribution >= 0.6 is 0 Å². The van der Waals surface area contributed by atoms with E-state index in [4.69, 9.17) is 4.74 Å².